The number of rotatable bonds is 5. The van der Waals surface area contributed by atoms with Crippen LogP contribution in [0.1, 0.15) is 18.4 Å². The molecule has 0 radical (unpaired) electrons. The van der Waals surface area contributed by atoms with Gasteiger partial charge < -0.3 is 10.6 Å². The molecule has 2 rings (SSSR count). The van der Waals surface area contributed by atoms with E-state index >= 15 is 0 Å². The Morgan fingerprint density at radius 2 is 2.24 bits per heavy atom. The highest BCUT2D eigenvalue weighted by molar-refractivity contribution is 6.31. The normalized spacial score (nSPS) is 14.5. The van der Waals surface area contributed by atoms with Crippen LogP contribution in [0.25, 0.3) is 0 Å². The van der Waals surface area contributed by atoms with Gasteiger partial charge in [-0.2, -0.15) is 0 Å². The smallest absolute Gasteiger partial charge is 0.239 e. The fraction of sp³-hybridized carbons (Fsp3) is 0.462. The predicted octanol–water partition coefficient (Wildman–Crippen LogP) is 2.59. The number of amides is 1. The maximum absolute atomic E-state index is 11.5. The quantitative estimate of drug-likeness (QED) is 0.846. The second kappa shape index (κ2) is 5.41. The van der Waals surface area contributed by atoms with Crippen LogP contribution in [0.5, 0.6) is 0 Å². The maximum atomic E-state index is 11.5. The number of benzene rings is 1. The summed E-state index contributed by atoms with van der Waals surface area (Å²) in [6.45, 7) is 3.05. The Morgan fingerprint density at radius 1 is 1.47 bits per heavy atom. The minimum atomic E-state index is 0.0382. The second-order valence-corrected chi connectivity index (χ2v) is 4.92. The van der Waals surface area contributed by atoms with Crippen molar-refractivity contribution >= 4 is 23.2 Å². The molecule has 92 valence electrons. The van der Waals surface area contributed by atoms with Crippen molar-refractivity contribution in [1.82, 2.24) is 5.32 Å². The van der Waals surface area contributed by atoms with Gasteiger partial charge in [-0.1, -0.05) is 17.7 Å². The number of nitrogens with one attached hydrogen (secondary N) is 2. The standard InChI is InChI=1S/C13H17ClN2O/c1-9-11(14)3-2-4-12(9)15-8-13(17)16-7-10-5-6-10/h2-4,10,15H,5-8H2,1H3,(H,16,17). The van der Waals surface area contributed by atoms with Gasteiger partial charge >= 0.3 is 0 Å². The second-order valence-electron chi connectivity index (χ2n) is 4.51. The molecule has 0 aromatic heterocycles. The Balaban J connectivity index is 1.79. The Labute approximate surface area is 107 Å². The molecule has 0 saturated heterocycles. The lowest BCUT2D eigenvalue weighted by Gasteiger charge is -2.10. The van der Waals surface area contributed by atoms with Gasteiger partial charge in [0.15, 0.2) is 0 Å². The molecule has 1 amide bonds. The molecule has 0 heterocycles. The molecule has 0 spiro atoms. The van der Waals surface area contributed by atoms with Crippen molar-refractivity contribution < 1.29 is 4.79 Å². The topological polar surface area (TPSA) is 41.1 Å². The number of anilines is 1. The van der Waals surface area contributed by atoms with E-state index in [1.807, 2.05) is 25.1 Å². The molecule has 1 fully saturated rings. The van der Waals surface area contributed by atoms with Crippen LogP contribution in [-0.2, 0) is 4.79 Å². The van der Waals surface area contributed by atoms with E-state index in [2.05, 4.69) is 10.6 Å². The largest absolute Gasteiger partial charge is 0.376 e. The first-order chi connectivity index (χ1) is 8.16. The maximum Gasteiger partial charge on any atom is 0.239 e. The molecule has 1 aliphatic rings. The lowest BCUT2D eigenvalue weighted by molar-refractivity contribution is -0.119. The molecule has 0 atom stereocenters. The van der Waals surface area contributed by atoms with Crippen LogP contribution in [0.15, 0.2) is 18.2 Å². The third-order valence-corrected chi connectivity index (χ3v) is 3.40. The molecule has 0 bridgehead atoms. The van der Waals surface area contributed by atoms with Crippen LogP contribution in [0.4, 0.5) is 5.69 Å². The van der Waals surface area contributed by atoms with E-state index in [0.717, 1.165) is 17.8 Å². The van der Waals surface area contributed by atoms with Crippen molar-refractivity contribution in [2.75, 3.05) is 18.4 Å². The fourth-order valence-corrected chi connectivity index (χ4v) is 1.79. The van der Waals surface area contributed by atoms with Crippen LogP contribution in [0, 0.1) is 12.8 Å². The van der Waals surface area contributed by atoms with Gasteiger partial charge in [-0.15, -0.1) is 0 Å². The van der Waals surface area contributed by atoms with Crippen molar-refractivity contribution in [3.63, 3.8) is 0 Å². The summed E-state index contributed by atoms with van der Waals surface area (Å²) in [6.07, 6.45) is 2.50. The molecule has 2 N–H and O–H groups in total. The Kier molecular flexibility index (Phi) is 3.89. The highest BCUT2D eigenvalue weighted by atomic mass is 35.5. The number of carbonyl (C=O) groups is 1. The van der Waals surface area contributed by atoms with Gasteiger partial charge in [-0.05, 0) is 43.4 Å². The van der Waals surface area contributed by atoms with Crippen molar-refractivity contribution in [3.05, 3.63) is 28.8 Å². The van der Waals surface area contributed by atoms with Gasteiger partial charge in [0.05, 0.1) is 6.54 Å². The lowest BCUT2D eigenvalue weighted by atomic mass is 10.2. The van der Waals surface area contributed by atoms with E-state index in [0.29, 0.717) is 17.5 Å². The van der Waals surface area contributed by atoms with Crippen molar-refractivity contribution in [2.24, 2.45) is 5.92 Å². The third-order valence-electron chi connectivity index (χ3n) is 2.99. The summed E-state index contributed by atoms with van der Waals surface area (Å²) in [4.78, 5) is 11.5. The predicted molar refractivity (Wildman–Crippen MR) is 70.4 cm³/mol. The van der Waals surface area contributed by atoms with E-state index in [1.165, 1.54) is 12.8 Å². The minimum absolute atomic E-state index is 0.0382. The van der Waals surface area contributed by atoms with Gasteiger partial charge in [0, 0.05) is 17.3 Å². The first kappa shape index (κ1) is 12.2. The summed E-state index contributed by atoms with van der Waals surface area (Å²) in [7, 11) is 0. The fourth-order valence-electron chi connectivity index (χ4n) is 1.62. The van der Waals surface area contributed by atoms with Crippen LogP contribution in [0.2, 0.25) is 5.02 Å². The van der Waals surface area contributed by atoms with Crippen molar-refractivity contribution in [1.29, 1.82) is 0 Å². The Hall–Kier alpha value is -1.22. The molecular weight excluding hydrogens is 236 g/mol. The molecule has 0 unspecified atom stereocenters. The summed E-state index contributed by atoms with van der Waals surface area (Å²) in [5.41, 5.74) is 1.89. The van der Waals surface area contributed by atoms with Crippen molar-refractivity contribution in [2.45, 2.75) is 19.8 Å². The molecule has 4 heteroatoms. The number of hydrogen-bond donors (Lipinski definition) is 2. The number of halogens is 1. The van der Waals surface area contributed by atoms with Gasteiger partial charge in [-0.3, -0.25) is 4.79 Å². The molecular formula is C13H17ClN2O. The summed E-state index contributed by atoms with van der Waals surface area (Å²) in [6, 6.07) is 5.64. The highest BCUT2D eigenvalue weighted by Crippen LogP contribution is 2.27. The Morgan fingerprint density at radius 3 is 2.94 bits per heavy atom. The summed E-state index contributed by atoms with van der Waals surface area (Å²) >= 11 is 6.00. The van der Waals surface area contributed by atoms with Crippen LogP contribution < -0.4 is 10.6 Å². The monoisotopic (exact) mass is 252 g/mol. The summed E-state index contributed by atoms with van der Waals surface area (Å²) in [5, 5.41) is 6.73. The van der Waals surface area contributed by atoms with Crippen LogP contribution in [-0.4, -0.2) is 19.0 Å². The van der Waals surface area contributed by atoms with Gasteiger partial charge in [0.2, 0.25) is 5.91 Å². The summed E-state index contributed by atoms with van der Waals surface area (Å²) in [5.74, 6) is 0.753. The molecule has 17 heavy (non-hydrogen) atoms. The lowest BCUT2D eigenvalue weighted by Crippen LogP contribution is -2.31. The van der Waals surface area contributed by atoms with E-state index < -0.39 is 0 Å². The zero-order chi connectivity index (χ0) is 12.3. The molecule has 1 aromatic carbocycles. The first-order valence-electron chi connectivity index (χ1n) is 5.92. The number of hydrogen-bond acceptors (Lipinski definition) is 2. The highest BCUT2D eigenvalue weighted by Gasteiger charge is 2.21. The Bertz CT molecular complexity index is 416. The zero-order valence-corrected chi connectivity index (χ0v) is 10.7. The van der Waals surface area contributed by atoms with Crippen LogP contribution in [0.3, 0.4) is 0 Å². The average Bonchev–Trinajstić information content (AvgIpc) is 3.12. The molecule has 1 aliphatic carbocycles. The third kappa shape index (κ3) is 3.63. The van der Waals surface area contributed by atoms with Gasteiger partial charge in [0.25, 0.3) is 0 Å². The molecule has 3 nitrogen and oxygen atoms in total. The van der Waals surface area contributed by atoms with Gasteiger partial charge in [0.1, 0.15) is 0 Å². The molecule has 0 aliphatic heterocycles. The van der Waals surface area contributed by atoms with E-state index in [4.69, 9.17) is 11.6 Å². The summed E-state index contributed by atoms with van der Waals surface area (Å²) < 4.78 is 0. The van der Waals surface area contributed by atoms with E-state index in [9.17, 15) is 4.79 Å². The molecule has 1 aromatic rings. The molecule has 1 saturated carbocycles. The van der Waals surface area contributed by atoms with E-state index in [-0.39, 0.29) is 5.91 Å². The van der Waals surface area contributed by atoms with Crippen LogP contribution >= 0.6 is 11.6 Å². The first-order valence-corrected chi connectivity index (χ1v) is 6.30. The van der Waals surface area contributed by atoms with Crippen molar-refractivity contribution in [3.8, 4) is 0 Å². The minimum Gasteiger partial charge on any atom is -0.376 e. The number of carbonyl (C=O) groups excluding carboxylic acids is 1. The average molecular weight is 253 g/mol. The SMILES string of the molecule is Cc1c(Cl)cccc1NCC(=O)NCC1CC1. The van der Waals surface area contributed by atoms with Gasteiger partial charge in [-0.25, -0.2) is 0 Å². The van der Waals surface area contributed by atoms with E-state index in [1.54, 1.807) is 0 Å². The zero-order valence-electron chi connectivity index (χ0n) is 9.92.